The van der Waals surface area contributed by atoms with E-state index in [0.717, 1.165) is 25.1 Å². The Bertz CT molecular complexity index is 709. The van der Waals surface area contributed by atoms with E-state index in [1.165, 1.54) is 0 Å². The van der Waals surface area contributed by atoms with Crippen molar-refractivity contribution < 1.29 is 14.4 Å². The van der Waals surface area contributed by atoms with E-state index in [0.29, 0.717) is 25.1 Å². The van der Waals surface area contributed by atoms with Gasteiger partial charge in [0.1, 0.15) is 5.71 Å². The van der Waals surface area contributed by atoms with Crippen molar-refractivity contribution in [2.24, 2.45) is 10.6 Å². The molecule has 6 heteroatoms. The molecule has 0 aliphatic carbocycles. The zero-order valence-corrected chi connectivity index (χ0v) is 15.7. The van der Waals surface area contributed by atoms with Gasteiger partial charge < -0.3 is 15.1 Å². The minimum absolute atomic E-state index is 0.0462. The van der Waals surface area contributed by atoms with Crippen molar-refractivity contribution in [3.8, 4) is 0 Å². The Morgan fingerprint density at radius 1 is 1.27 bits per heavy atom. The van der Waals surface area contributed by atoms with Crippen LogP contribution in [-0.2, 0) is 14.4 Å². The first-order chi connectivity index (χ1) is 12.3. The third-order valence-corrected chi connectivity index (χ3v) is 4.71. The Morgan fingerprint density at radius 3 is 2.69 bits per heavy atom. The molecule has 1 atom stereocenters. The lowest BCUT2D eigenvalue weighted by molar-refractivity contribution is -0.142. The Morgan fingerprint density at radius 2 is 2.00 bits per heavy atom. The maximum Gasteiger partial charge on any atom is 0.273 e. The number of para-hydroxylation sites is 1. The van der Waals surface area contributed by atoms with Gasteiger partial charge in [0.15, 0.2) is 5.60 Å². The number of nitrogens with one attached hydrogen (secondary N) is 1. The number of carbonyl (C=O) groups excluding carboxylic acids is 2. The first-order valence-corrected chi connectivity index (χ1v) is 9.16. The second-order valence-corrected chi connectivity index (χ2v) is 8.47. The number of oxime groups is 1. The van der Waals surface area contributed by atoms with Gasteiger partial charge in [0.25, 0.3) is 5.91 Å². The number of amides is 2. The molecule has 3 rings (SSSR count). The average molecular weight is 357 g/mol. The molecular weight excluding hydrogens is 330 g/mol. The summed E-state index contributed by atoms with van der Waals surface area (Å²) in [5.41, 5.74) is 0.510. The molecule has 6 nitrogen and oxygen atoms in total. The third kappa shape index (κ3) is 4.42. The van der Waals surface area contributed by atoms with Crippen molar-refractivity contribution >= 4 is 23.2 Å². The van der Waals surface area contributed by atoms with Crippen molar-refractivity contribution in [2.75, 3.05) is 18.4 Å². The molecule has 1 aromatic rings. The van der Waals surface area contributed by atoms with E-state index in [2.05, 4.69) is 31.2 Å². The Hall–Kier alpha value is -2.37. The van der Waals surface area contributed by atoms with Gasteiger partial charge in [0, 0.05) is 25.1 Å². The van der Waals surface area contributed by atoms with Crippen molar-refractivity contribution in [3.63, 3.8) is 0 Å². The minimum atomic E-state index is -0.560. The molecule has 0 saturated carbocycles. The summed E-state index contributed by atoms with van der Waals surface area (Å²) in [6, 6.07) is 9.29. The van der Waals surface area contributed by atoms with Crippen LogP contribution in [0.4, 0.5) is 5.69 Å². The first-order valence-electron chi connectivity index (χ1n) is 9.16. The first kappa shape index (κ1) is 18.4. The van der Waals surface area contributed by atoms with Crippen LogP contribution in [0.2, 0.25) is 0 Å². The standard InChI is InChI=1S/C20H27N3O3/c1-19(2,3)13-17(24)23-11-7-10-20(14-23)12-16(22-26-20)18(25)21-15-8-5-4-6-9-15/h4-6,8-9H,7,10-14H2,1-3H3,(H,21,25)/t20-/m1/s1. The van der Waals surface area contributed by atoms with Gasteiger partial charge in [-0.1, -0.05) is 44.1 Å². The highest BCUT2D eigenvalue weighted by Gasteiger charge is 2.45. The fraction of sp³-hybridized carbons (Fsp3) is 0.550. The molecule has 2 aliphatic rings. The Balaban J connectivity index is 1.60. The molecule has 140 valence electrons. The van der Waals surface area contributed by atoms with Crippen LogP contribution in [0.25, 0.3) is 0 Å². The number of hydrogen-bond donors (Lipinski definition) is 1. The molecule has 26 heavy (non-hydrogen) atoms. The van der Waals surface area contributed by atoms with Crippen LogP contribution in [-0.4, -0.2) is 41.1 Å². The van der Waals surface area contributed by atoms with Gasteiger partial charge in [-0.15, -0.1) is 0 Å². The third-order valence-electron chi connectivity index (χ3n) is 4.71. The number of likely N-dealkylation sites (tertiary alicyclic amines) is 1. The summed E-state index contributed by atoms with van der Waals surface area (Å²) in [4.78, 5) is 32.6. The summed E-state index contributed by atoms with van der Waals surface area (Å²) >= 11 is 0. The monoisotopic (exact) mass is 357 g/mol. The fourth-order valence-electron chi connectivity index (χ4n) is 3.46. The number of hydrogen-bond acceptors (Lipinski definition) is 4. The molecule has 0 unspecified atom stereocenters. The van der Waals surface area contributed by atoms with Crippen LogP contribution >= 0.6 is 0 Å². The van der Waals surface area contributed by atoms with Crippen molar-refractivity contribution in [1.29, 1.82) is 0 Å². The highest BCUT2D eigenvalue weighted by Crippen LogP contribution is 2.34. The van der Waals surface area contributed by atoms with Gasteiger partial charge in [0.2, 0.25) is 5.91 Å². The molecule has 0 aromatic heterocycles. The highest BCUT2D eigenvalue weighted by atomic mass is 16.7. The zero-order valence-electron chi connectivity index (χ0n) is 15.7. The molecule has 0 bridgehead atoms. The summed E-state index contributed by atoms with van der Waals surface area (Å²) in [5, 5.41) is 6.88. The van der Waals surface area contributed by atoms with E-state index >= 15 is 0 Å². The molecule has 2 heterocycles. The Kier molecular flexibility index (Phi) is 5.03. The van der Waals surface area contributed by atoms with Gasteiger partial charge in [-0.3, -0.25) is 9.59 Å². The predicted octanol–water partition coefficient (Wildman–Crippen LogP) is 3.20. The van der Waals surface area contributed by atoms with Gasteiger partial charge in [-0.2, -0.15) is 0 Å². The molecule has 2 aliphatic heterocycles. The number of nitrogens with zero attached hydrogens (tertiary/aromatic N) is 2. The number of anilines is 1. The van der Waals surface area contributed by atoms with Crippen LogP contribution in [0, 0.1) is 5.41 Å². The smallest absolute Gasteiger partial charge is 0.273 e. The van der Waals surface area contributed by atoms with Crippen molar-refractivity contribution in [3.05, 3.63) is 30.3 Å². The summed E-state index contributed by atoms with van der Waals surface area (Å²) in [6.07, 6.45) is 2.60. The van der Waals surface area contributed by atoms with Crippen LogP contribution in [0.3, 0.4) is 0 Å². The van der Waals surface area contributed by atoms with Crippen LogP contribution in [0.5, 0.6) is 0 Å². The summed E-state index contributed by atoms with van der Waals surface area (Å²) in [7, 11) is 0. The van der Waals surface area contributed by atoms with E-state index in [4.69, 9.17) is 4.84 Å². The number of piperidine rings is 1. The maximum absolute atomic E-state index is 12.6. The van der Waals surface area contributed by atoms with E-state index < -0.39 is 5.60 Å². The SMILES string of the molecule is CC(C)(C)CC(=O)N1CCC[C@@]2(CC(C(=O)Nc3ccccc3)=NO2)C1. The molecule has 1 saturated heterocycles. The quantitative estimate of drug-likeness (QED) is 0.903. The lowest BCUT2D eigenvalue weighted by atomic mass is 9.86. The number of rotatable bonds is 3. The summed E-state index contributed by atoms with van der Waals surface area (Å²) in [5.74, 6) is -0.103. The van der Waals surface area contributed by atoms with Crippen LogP contribution in [0.15, 0.2) is 35.5 Å². The van der Waals surface area contributed by atoms with Gasteiger partial charge in [-0.05, 0) is 30.4 Å². The summed E-state index contributed by atoms with van der Waals surface area (Å²) in [6.45, 7) is 7.42. The highest BCUT2D eigenvalue weighted by molar-refractivity contribution is 6.43. The normalized spacial score (nSPS) is 22.7. The van der Waals surface area contributed by atoms with Crippen LogP contribution in [0.1, 0.15) is 46.5 Å². The predicted molar refractivity (Wildman–Crippen MR) is 101 cm³/mol. The zero-order chi connectivity index (χ0) is 18.8. The molecule has 1 spiro atoms. The molecule has 1 fully saturated rings. The molecule has 0 radical (unpaired) electrons. The van der Waals surface area contributed by atoms with E-state index in [1.807, 2.05) is 35.2 Å². The second-order valence-electron chi connectivity index (χ2n) is 8.47. The van der Waals surface area contributed by atoms with Gasteiger partial charge >= 0.3 is 0 Å². The number of benzene rings is 1. The molecule has 2 amide bonds. The van der Waals surface area contributed by atoms with E-state index in [-0.39, 0.29) is 17.2 Å². The van der Waals surface area contributed by atoms with Gasteiger partial charge in [0.05, 0.1) is 6.54 Å². The van der Waals surface area contributed by atoms with E-state index in [9.17, 15) is 9.59 Å². The lowest BCUT2D eigenvalue weighted by Gasteiger charge is -2.39. The van der Waals surface area contributed by atoms with Crippen molar-refractivity contribution in [1.82, 2.24) is 4.90 Å². The lowest BCUT2D eigenvalue weighted by Crippen LogP contribution is -2.51. The number of carbonyl (C=O) groups is 2. The topological polar surface area (TPSA) is 71.0 Å². The van der Waals surface area contributed by atoms with Crippen molar-refractivity contribution in [2.45, 2.75) is 52.1 Å². The summed E-state index contributed by atoms with van der Waals surface area (Å²) < 4.78 is 0. The largest absolute Gasteiger partial charge is 0.386 e. The van der Waals surface area contributed by atoms with Gasteiger partial charge in [-0.25, -0.2) is 0 Å². The fourth-order valence-corrected chi connectivity index (χ4v) is 3.46. The maximum atomic E-state index is 12.6. The molecule has 1 aromatic carbocycles. The van der Waals surface area contributed by atoms with Crippen LogP contribution < -0.4 is 5.32 Å². The second kappa shape index (κ2) is 7.09. The molecule has 1 N–H and O–H groups in total. The van der Waals surface area contributed by atoms with E-state index in [1.54, 1.807) is 0 Å². The molecular formula is C20H27N3O3. The Labute approximate surface area is 154 Å². The average Bonchev–Trinajstić information content (AvgIpc) is 2.98. The minimum Gasteiger partial charge on any atom is -0.386 e.